The molecule has 1 amide bonds. The molecular weight excluding hydrogens is 212 g/mol. The topological polar surface area (TPSA) is 55.1 Å². The standard InChI is InChI=1S/C14H28N2O/c1-14(2,9-10-15)11-16-13(17)12-7-5-3-4-6-8-12/h12H,3-11,15H2,1-2H3,(H,16,17). The van der Waals surface area contributed by atoms with E-state index in [-0.39, 0.29) is 17.2 Å². The van der Waals surface area contributed by atoms with E-state index in [1.165, 1.54) is 25.7 Å². The Kier molecular flexibility index (Phi) is 5.96. The molecule has 0 heterocycles. The number of rotatable bonds is 5. The van der Waals surface area contributed by atoms with Crippen molar-refractivity contribution in [3.8, 4) is 0 Å². The van der Waals surface area contributed by atoms with Gasteiger partial charge in [-0.25, -0.2) is 0 Å². The van der Waals surface area contributed by atoms with E-state index in [9.17, 15) is 4.79 Å². The van der Waals surface area contributed by atoms with Gasteiger partial charge in [-0.05, 0) is 31.2 Å². The van der Waals surface area contributed by atoms with Crippen LogP contribution in [0.5, 0.6) is 0 Å². The molecule has 3 N–H and O–H groups in total. The van der Waals surface area contributed by atoms with Crippen molar-refractivity contribution in [1.82, 2.24) is 5.32 Å². The van der Waals surface area contributed by atoms with Crippen LogP contribution in [0, 0.1) is 11.3 Å². The van der Waals surface area contributed by atoms with E-state index in [1.807, 2.05) is 0 Å². The minimum atomic E-state index is 0.120. The molecule has 1 rings (SSSR count). The average molecular weight is 240 g/mol. The third kappa shape index (κ3) is 5.53. The van der Waals surface area contributed by atoms with Crippen LogP contribution in [0.15, 0.2) is 0 Å². The van der Waals surface area contributed by atoms with Gasteiger partial charge in [0.1, 0.15) is 0 Å². The van der Waals surface area contributed by atoms with Gasteiger partial charge in [0.25, 0.3) is 0 Å². The van der Waals surface area contributed by atoms with Crippen molar-refractivity contribution >= 4 is 5.91 Å². The molecule has 1 aliphatic rings. The predicted octanol–water partition coefficient (Wildman–Crippen LogP) is 2.45. The molecule has 0 spiro atoms. The van der Waals surface area contributed by atoms with Crippen LogP contribution in [-0.4, -0.2) is 19.0 Å². The number of nitrogens with one attached hydrogen (secondary N) is 1. The summed E-state index contributed by atoms with van der Waals surface area (Å²) in [5.41, 5.74) is 5.69. The monoisotopic (exact) mass is 240 g/mol. The molecule has 1 aliphatic carbocycles. The minimum Gasteiger partial charge on any atom is -0.355 e. The molecule has 3 nitrogen and oxygen atoms in total. The van der Waals surface area contributed by atoms with Crippen LogP contribution in [0.1, 0.15) is 58.8 Å². The van der Waals surface area contributed by atoms with Crippen LogP contribution in [0.3, 0.4) is 0 Å². The van der Waals surface area contributed by atoms with Crippen LogP contribution in [0.4, 0.5) is 0 Å². The van der Waals surface area contributed by atoms with Crippen molar-refractivity contribution in [2.75, 3.05) is 13.1 Å². The SMILES string of the molecule is CC(C)(CCN)CNC(=O)C1CCCCCC1. The summed E-state index contributed by atoms with van der Waals surface area (Å²) < 4.78 is 0. The van der Waals surface area contributed by atoms with Crippen molar-refractivity contribution < 1.29 is 4.79 Å². The number of hydrogen-bond acceptors (Lipinski definition) is 2. The second kappa shape index (κ2) is 7.00. The lowest BCUT2D eigenvalue weighted by Crippen LogP contribution is -2.38. The van der Waals surface area contributed by atoms with Gasteiger partial charge in [-0.1, -0.05) is 39.5 Å². The first-order valence-corrected chi connectivity index (χ1v) is 7.03. The lowest BCUT2D eigenvalue weighted by atomic mass is 9.89. The summed E-state index contributed by atoms with van der Waals surface area (Å²) in [6, 6.07) is 0. The second-order valence-electron chi connectivity index (χ2n) is 6.11. The molecule has 0 radical (unpaired) electrons. The first-order chi connectivity index (χ1) is 8.05. The first-order valence-electron chi connectivity index (χ1n) is 7.03. The van der Waals surface area contributed by atoms with Crippen molar-refractivity contribution in [3.63, 3.8) is 0 Å². The smallest absolute Gasteiger partial charge is 0.223 e. The van der Waals surface area contributed by atoms with E-state index in [0.717, 1.165) is 25.8 Å². The highest BCUT2D eigenvalue weighted by atomic mass is 16.1. The molecule has 0 unspecified atom stereocenters. The Bertz CT molecular complexity index is 230. The Balaban J connectivity index is 2.32. The van der Waals surface area contributed by atoms with Gasteiger partial charge in [0, 0.05) is 12.5 Å². The highest BCUT2D eigenvalue weighted by molar-refractivity contribution is 5.78. The summed E-state index contributed by atoms with van der Waals surface area (Å²) >= 11 is 0. The summed E-state index contributed by atoms with van der Waals surface area (Å²) in [6.45, 7) is 5.76. The third-order valence-corrected chi connectivity index (χ3v) is 3.79. The van der Waals surface area contributed by atoms with Crippen molar-refractivity contribution in [2.45, 2.75) is 58.8 Å². The van der Waals surface area contributed by atoms with Crippen LogP contribution in [0.25, 0.3) is 0 Å². The molecule has 0 aromatic heterocycles. The van der Waals surface area contributed by atoms with Crippen LogP contribution >= 0.6 is 0 Å². The number of amides is 1. The Morgan fingerprint density at radius 2 is 1.82 bits per heavy atom. The van der Waals surface area contributed by atoms with Crippen LogP contribution < -0.4 is 11.1 Å². The second-order valence-corrected chi connectivity index (χ2v) is 6.11. The Hall–Kier alpha value is -0.570. The third-order valence-electron chi connectivity index (χ3n) is 3.79. The fourth-order valence-electron chi connectivity index (χ4n) is 2.49. The number of nitrogens with two attached hydrogens (primary N) is 1. The van der Waals surface area contributed by atoms with Gasteiger partial charge in [-0.15, -0.1) is 0 Å². The van der Waals surface area contributed by atoms with E-state index < -0.39 is 0 Å². The summed E-state index contributed by atoms with van der Waals surface area (Å²) in [7, 11) is 0. The lowest BCUT2D eigenvalue weighted by molar-refractivity contribution is -0.125. The molecular formula is C14H28N2O. The van der Waals surface area contributed by atoms with Crippen LogP contribution in [-0.2, 0) is 4.79 Å². The van der Waals surface area contributed by atoms with Gasteiger partial charge in [0.05, 0.1) is 0 Å². The maximum Gasteiger partial charge on any atom is 0.223 e. The fourth-order valence-corrected chi connectivity index (χ4v) is 2.49. The molecule has 0 saturated heterocycles. The number of carbonyl (C=O) groups excluding carboxylic acids is 1. The van der Waals surface area contributed by atoms with E-state index >= 15 is 0 Å². The molecule has 0 aliphatic heterocycles. The molecule has 0 aromatic rings. The summed E-state index contributed by atoms with van der Waals surface area (Å²) in [4.78, 5) is 12.1. The minimum absolute atomic E-state index is 0.120. The molecule has 0 atom stereocenters. The number of carbonyl (C=O) groups is 1. The molecule has 3 heteroatoms. The zero-order valence-electron chi connectivity index (χ0n) is 11.4. The van der Waals surface area contributed by atoms with Gasteiger partial charge >= 0.3 is 0 Å². The van der Waals surface area contributed by atoms with E-state index in [0.29, 0.717) is 6.54 Å². The van der Waals surface area contributed by atoms with E-state index in [4.69, 9.17) is 5.73 Å². The predicted molar refractivity (Wildman–Crippen MR) is 71.7 cm³/mol. The quantitative estimate of drug-likeness (QED) is 0.725. The fraction of sp³-hybridized carbons (Fsp3) is 0.929. The van der Waals surface area contributed by atoms with Gasteiger partial charge < -0.3 is 11.1 Å². The van der Waals surface area contributed by atoms with Crippen molar-refractivity contribution in [3.05, 3.63) is 0 Å². The molecule has 17 heavy (non-hydrogen) atoms. The molecule has 0 aromatic carbocycles. The highest BCUT2D eigenvalue weighted by Gasteiger charge is 2.23. The summed E-state index contributed by atoms with van der Waals surface area (Å²) in [5.74, 6) is 0.517. The van der Waals surface area contributed by atoms with Gasteiger partial charge in [0.2, 0.25) is 5.91 Å². The summed E-state index contributed by atoms with van der Waals surface area (Å²) in [5, 5.41) is 3.11. The van der Waals surface area contributed by atoms with Crippen molar-refractivity contribution in [2.24, 2.45) is 17.1 Å². The maximum absolute atomic E-state index is 12.1. The van der Waals surface area contributed by atoms with E-state index in [2.05, 4.69) is 19.2 Å². The first kappa shape index (κ1) is 14.5. The summed E-state index contributed by atoms with van der Waals surface area (Å²) in [6.07, 6.45) is 8.11. The maximum atomic E-state index is 12.1. The van der Waals surface area contributed by atoms with Gasteiger partial charge in [-0.2, -0.15) is 0 Å². The van der Waals surface area contributed by atoms with Crippen molar-refractivity contribution in [1.29, 1.82) is 0 Å². The Morgan fingerprint density at radius 1 is 1.24 bits per heavy atom. The zero-order valence-corrected chi connectivity index (χ0v) is 11.4. The van der Waals surface area contributed by atoms with Gasteiger partial charge in [0.15, 0.2) is 0 Å². The highest BCUT2D eigenvalue weighted by Crippen LogP contribution is 2.23. The molecule has 0 bridgehead atoms. The average Bonchev–Trinajstić information content (AvgIpc) is 2.54. The number of hydrogen-bond donors (Lipinski definition) is 2. The Labute approximate surface area is 106 Å². The molecule has 100 valence electrons. The Morgan fingerprint density at radius 3 is 2.35 bits per heavy atom. The largest absolute Gasteiger partial charge is 0.355 e. The van der Waals surface area contributed by atoms with Gasteiger partial charge in [-0.3, -0.25) is 4.79 Å². The molecule has 1 saturated carbocycles. The van der Waals surface area contributed by atoms with E-state index in [1.54, 1.807) is 0 Å². The molecule has 1 fully saturated rings. The van der Waals surface area contributed by atoms with Crippen LogP contribution in [0.2, 0.25) is 0 Å². The zero-order chi connectivity index (χ0) is 12.7. The normalized spacial score (nSPS) is 18.8. The lowest BCUT2D eigenvalue weighted by Gasteiger charge is -2.25.